The fourth-order valence-electron chi connectivity index (χ4n) is 1.96. The smallest absolute Gasteiger partial charge is 0.267 e. The number of alkyl halides is 3. The lowest BCUT2D eigenvalue weighted by Gasteiger charge is -2.09. The fourth-order valence-corrected chi connectivity index (χ4v) is 2.59. The molecule has 0 aliphatic rings. The summed E-state index contributed by atoms with van der Waals surface area (Å²) in [5.74, 6) is -1.97. The van der Waals surface area contributed by atoms with Gasteiger partial charge in [0.05, 0.1) is 22.9 Å². The van der Waals surface area contributed by atoms with Crippen molar-refractivity contribution in [3.63, 3.8) is 0 Å². The summed E-state index contributed by atoms with van der Waals surface area (Å²) in [4.78, 5) is 4.13. The highest BCUT2D eigenvalue weighted by Gasteiger charge is 2.38. The minimum absolute atomic E-state index is 0.0103. The van der Waals surface area contributed by atoms with Crippen molar-refractivity contribution in [3.8, 4) is 6.07 Å². The fraction of sp³-hybridized carbons (Fsp3) is 0.167. The van der Waals surface area contributed by atoms with Gasteiger partial charge in [0.1, 0.15) is 10.8 Å². The van der Waals surface area contributed by atoms with Gasteiger partial charge >= 0.3 is 6.18 Å². The molecule has 2 heterocycles. The molecule has 3 aromatic rings. The third-order valence-electron chi connectivity index (χ3n) is 2.78. The van der Waals surface area contributed by atoms with Crippen molar-refractivity contribution in [1.29, 1.82) is 5.26 Å². The highest BCUT2D eigenvalue weighted by molar-refractivity contribution is 7.99. The lowest BCUT2D eigenvalue weighted by molar-refractivity contribution is -0.145. The van der Waals surface area contributed by atoms with E-state index in [1.54, 1.807) is 0 Å². The van der Waals surface area contributed by atoms with Gasteiger partial charge in [-0.2, -0.15) is 18.4 Å². The van der Waals surface area contributed by atoms with Crippen molar-refractivity contribution >= 4 is 28.4 Å². The minimum Gasteiger partial charge on any atom is -0.267 e. The number of hydrogen-bond acceptors (Lipinski definition) is 5. The Bertz CT molecular complexity index is 912. The predicted molar refractivity (Wildman–Crippen MR) is 69.6 cm³/mol. The zero-order valence-corrected chi connectivity index (χ0v) is 11.4. The van der Waals surface area contributed by atoms with E-state index < -0.39 is 17.8 Å². The number of aromatic nitrogens is 4. The van der Waals surface area contributed by atoms with Crippen LogP contribution in [0, 0.1) is 17.1 Å². The van der Waals surface area contributed by atoms with Crippen molar-refractivity contribution in [2.45, 2.75) is 11.2 Å². The third kappa shape index (κ3) is 2.33. The molecular formula is C12H5F4N5S. The van der Waals surface area contributed by atoms with Crippen LogP contribution in [0.5, 0.6) is 0 Å². The summed E-state index contributed by atoms with van der Waals surface area (Å²) in [6.45, 7) is 0. The molecule has 0 bridgehead atoms. The van der Waals surface area contributed by atoms with Crippen molar-refractivity contribution < 1.29 is 17.6 Å². The molecule has 0 aliphatic heterocycles. The Hall–Kier alpha value is -2.41. The summed E-state index contributed by atoms with van der Waals surface area (Å²) < 4.78 is 53.3. The van der Waals surface area contributed by atoms with Gasteiger partial charge in [-0.05, 0) is 12.1 Å². The maximum Gasteiger partial charge on any atom is 0.452 e. The van der Waals surface area contributed by atoms with E-state index in [0.29, 0.717) is 4.40 Å². The maximum atomic E-state index is 13.4. The van der Waals surface area contributed by atoms with E-state index in [1.165, 1.54) is 6.07 Å². The van der Waals surface area contributed by atoms with Gasteiger partial charge in [-0.15, -0.1) is 10.2 Å². The third-order valence-corrected chi connectivity index (χ3v) is 3.60. The zero-order chi connectivity index (χ0) is 15.9. The number of nitriles is 1. The van der Waals surface area contributed by atoms with Crippen LogP contribution in [0.4, 0.5) is 17.6 Å². The Labute approximate surface area is 124 Å². The van der Waals surface area contributed by atoms with E-state index in [4.69, 9.17) is 5.26 Å². The quantitative estimate of drug-likeness (QED) is 0.534. The van der Waals surface area contributed by atoms with Crippen LogP contribution < -0.4 is 0 Å². The SMILES string of the molecule is N#CCSc1nc2ccc(F)cc2n2c(C(F)(F)F)nnc12. The summed E-state index contributed by atoms with van der Waals surface area (Å²) in [6.07, 6.45) is -4.75. The van der Waals surface area contributed by atoms with E-state index in [0.717, 1.165) is 23.9 Å². The molecular weight excluding hydrogens is 322 g/mol. The van der Waals surface area contributed by atoms with Crippen LogP contribution in [-0.4, -0.2) is 25.3 Å². The molecule has 0 fully saturated rings. The highest BCUT2D eigenvalue weighted by Crippen LogP contribution is 2.32. The molecule has 0 radical (unpaired) electrons. The lowest BCUT2D eigenvalue weighted by atomic mass is 10.3. The van der Waals surface area contributed by atoms with E-state index in [9.17, 15) is 17.6 Å². The molecule has 0 saturated carbocycles. The second-order valence-electron chi connectivity index (χ2n) is 4.18. The average Bonchev–Trinajstić information content (AvgIpc) is 2.90. The summed E-state index contributed by atoms with van der Waals surface area (Å²) in [5.41, 5.74) is -0.0982. The van der Waals surface area contributed by atoms with Gasteiger partial charge in [-0.1, -0.05) is 11.8 Å². The van der Waals surface area contributed by atoms with Crippen LogP contribution in [0.1, 0.15) is 5.82 Å². The number of hydrogen-bond donors (Lipinski definition) is 0. The van der Waals surface area contributed by atoms with Crippen LogP contribution in [0.2, 0.25) is 0 Å². The Kier molecular flexibility index (Phi) is 3.37. The molecule has 112 valence electrons. The first kappa shape index (κ1) is 14.5. The van der Waals surface area contributed by atoms with E-state index in [2.05, 4.69) is 15.2 Å². The molecule has 0 spiro atoms. The summed E-state index contributed by atoms with van der Waals surface area (Å²) in [5, 5.41) is 15.4. The van der Waals surface area contributed by atoms with Crippen molar-refractivity contribution in [2.75, 3.05) is 5.75 Å². The minimum atomic E-state index is -4.75. The molecule has 22 heavy (non-hydrogen) atoms. The zero-order valence-electron chi connectivity index (χ0n) is 10.6. The van der Waals surface area contributed by atoms with Gasteiger partial charge in [0.2, 0.25) is 5.82 Å². The molecule has 2 aromatic heterocycles. The number of fused-ring (bicyclic) bond motifs is 3. The van der Waals surface area contributed by atoms with Gasteiger partial charge in [0.25, 0.3) is 0 Å². The Morgan fingerprint density at radius 1 is 1.27 bits per heavy atom. The molecule has 10 heteroatoms. The molecule has 0 atom stereocenters. The molecule has 0 saturated heterocycles. The summed E-state index contributed by atoms with van der Waals surface area (Å²) in [7, 11) is 0. The largest absolute Gasteiger partial charge is 0.452 e. The highest BCUT2D eigenvalue weighted by atomic mass is 32.2. The Morgan fingerprint density at radius 3 is 2.73 bits per heavy atom. The number of benzene rings is 1. The van der Waals surface area contributed by atoms with Crippen molar-refractivity contribution in [1.82, 2.24) is 19.6 Å². The molecule has 1 aromatic carbocycles. The number of rotatable bonds is 2. The van der Waals surface area contributed by atoms with E-state index in [1.807, 2.05) is 6.07 Å². The van der Waals surface area contributed by atoms with Gasteiger partial charge in [-0.3, -0.25) is 4.40 Å². The molecule has 3 rings (SSSR count). The number of thioether (sulfide) groups is 1. The standard InChI is InChI=1S/C12H5F4N5S/c13-6-1-2-7-8(5-6)21-9(10(18-7)22-4-3-17)19-20-11(21)12(14,15)16/h1-2,5H,4H2. The number of halogens is 4. The van der Waals surface area contributed by atoms with Gasteiger partial charge in [-0.25, -0.2) is 9.37 Å². The predicted octanol–water partition coefficient (Wildman–Crippen LogP) is 3.05. The van der Waals surface area contributed by atoms with Crippen molar-refractivity contribution in [3.05, 3.63) is 29.8 Å². The van der Waals surface area contributed by atoms with Gasteiger partial charge < -0.3 is 0 Å². The van der Waals surface area contributed by atoms with Crippen LogP contribution in [0.15, 0.2) is 23.2 Å². The molecule has 0 amide bonds. The second-order valence-corrected chi connectivity index (χ2v) is 5.14. The van der Waals surface area contributed by atoms with E-state index >= 15 is 0 Å². The Balaban J connectivity index is 2.42. The first-order valence-electron chi connectivity index (χ1n) is 5.83. The summed E-state index contributed by atoms with van der Waals surface area (Å²) >= 11 is 0.936. The van der Waals surface area contributed by atoms with E-state index in [-0.39, 0.29) is 27.5 Å². The van der Waals surface area contributed by atoms with Crippen LogP contribution in [0.3, 0.4) is 0 Å². The first-order chi connectivity index (χ1) is 10.4. The Morgan fingerprint density at radius 2 is 2.05 bits per heavy atom. The molecule has 5 nitrogen and oxygen atoms in total. The topological polar surface area (TPSA) is 66.9 Å². The van der Waals surface area contributed by atoms with Crippen molar-refractivity contribution in [2.24, 2.45) is 0 Å². The second kappa shape index (κ2) is 5.10. The summed E-state index contributed by atoms with van der Waals surface area (Å²) in [6, 6.07) is 5.15. The molecule has 0 unspecified atom stereocenters. The molecule has 0 aliphatic carbocycles. The van der Waals surface area contributed by atoms with Crippen LogP contribution >= 0.6 is 11.8 Å². The van der Waals surface area contributed by atoms with Crippen LogP contribution in [-0.2, 0) is 6.18 Å². The number of nitrogens with zero attached hydrogens (tertiary/aromatic N) is 5. The normalized spacial score (nSPS) is 12.0. The van der Waals surface area contributed by atoms with Crippen LogP contribution in [0.25, 0.3) is 16.7 Å². The average molecular weight is 327 g/mol. The molecule has 0 N–H and O–H groups in total. The first-order valence-corrected chi connectivity index (χ1v) is 6.81. The van der Waals surface area contributed by atoms with Gasteiger partial charge in [0, 0.05) is 6.07 Å². The monoisotopic (exact) mass is 327 g/mol. The maximum absolute atomic E-state index is 13.4. The lowest BCUT2D eigenvalue weighted by Crippen LogP contribution is -2.12. The van der Waals surface area contributed by atoms with Gasteiger partial charge in [0.15, 0.2) is 5.65 Å².